The van der Waals surface area contributed by atoms with Gasteiger partial charge in [-0.2, -0.15) is 0 Å². The number of hydrogen-bond acceptors (Lipinski definition) is 2. The molecule has 1 rings (SSSR count). The standard InChI is InChI=1S/C8H16O2S/c1-3-4-5-8(6-7-8)11(2,9)10/h3-7H2,1-2H3. The van der Waals surface area contributed by atoms with E-state index in [9.17, 15) is 8.42 Å². The fourth-order valence-electron chi connectivity index (χ4n) is 1.44. The molecule has 3 heteroatoms. The van der Waals surface area contributed by atoms with Crippen LogP contribution in [0.1, 0.15) is 39.0 Å². The van der Waals surface area contributed by atoms with Crippen LogP contribution in [-0.2, 0) is 9.84 Å². The predicted molar refractivity (Wildman–Crippen MR) is 46.3 cm³/mol. The molecule has 1 fully saturated rings. The Morgan fingerprint density at radius 3 is 2.18 bits per heavy atom. The van der Waals surface area contributed by atoms with Crippen LogP contribution in [0.5, 0.6) is 0 Å². The van der Waals surface area contributed by atoms with E-state index in [1.54, 1.807) is 0 Å². The molecule has 11 heavy (non-hydrogen) atoms. The fourth-order valence-corrected chi connectivity index (χ4v) is 2.80. The van der Waals surface area contributed by atoms with Gasteiger partial charge in [-0.25, -0.2) is 8.42 Å². The molecule has 0 N–H and O–H groups in total. The molecule has 0 aromatic carbocycles. The molecule has 0 spiro atoms. The topological polar surface area (TPSA) is 34.1 Å². The minimum absolute atomic E-state index is 0.289. The van der Waals surface area contributed by atoms with Gasteiger partial charge in [-0.1, -0.05) is 19.8 Å². The summed E-state index contributed by atoms with van der Waals surface area (Å²) < 4.78 is 22.2. The summed E-state index contributed by atoms with van der Waals surface area (Å²) in [4.78, 5) is 0. The van der Waals surface area contributed by atoms with Gasteiger partial charge in [-0.3, -0.25) is 0 Å². The van der Waals surface area contributed by atoms with Gasteiger partial charge in [-0.05, 0) is 19.3 Å². The third-order valence-corrected chi connectivity index (χ3v) is 4.77. The van der Waals surface area contributed by atoms with Crippen LogP contribution < -0.4 is 0 Å². The Kier molecular flexibility index (Phi) is 2.28. The molecule has 0 saturated heterocycles. The van der Waals surface area contributed by atoms with Crippen molar-refractivity contribution in [2.45, 2.75) is 43.8 Å². The van der Waals surface area contributed by atoms with Crippen molar-refractivity contribution in [2.24, 2.45) is 0 Å². The molecule has 0 bridgehead atoms. The molecule has 0 radical (unpaired) electrons. The summed E-state index contributed by atoms with van der Waals surface area (Å²) in [5.41, 5.74) is 0. The maximum Gasteiger partial charge on any atom is 0.153 e. The predicted octanol–water partition coefficient (Wildman–Crippen LogP) is 1.75. The van der Waals surface area contributed by atoms with E-state index in [2.05, 4.69) is 6.92 Å². The molecule has 1 aliphatic carbocycles. The second-order valence-corrected chi connectivity index (χ2v) is 5.97. The van der Waals surface area contributed by atoms with E-state index >= 15 is 0 Å². The molecule has 2 nitrogen and oxygen atoms in total. The Hall–Kier alpha value is -0.0500. The van der Waals surface area contributed by atoms with Crippen molar-refractivity contribution in [3.05, 3.63) is 0 Å². The van der Waals surface area contributed by atoms with Crippen LogP contribution in [0.3, 0.4) is 0 Å². The van der Waals surface area contributed by atoms with Gasteiger partial charge < -0.3 is 0 Å². The highest BCUT2D eigenvalue weighted by Gasteiger charge is 2.50. The molecule has 0 unspecified atom stereocenters. The second-order valence-electron chi connectivity index (χ2n) is 3.56. The molecule has 0 atom stereocenters. The van der Waals surface area contributed by atoms with Crippen molar-refractivity contribution >= 4 is 9.84 Å². The number of hydrogen-bond donors (Lipinski definition) is 0. The highest BCUT2D eigenvalue weighted by molar-refractivity contribution is 7.92. The lowest BCUT2D eigenvalue weighted by Gasteiger charge is -2.10. The summed E-state index contributed by atoms with van der Waals surface area (Å²) in [6.45, 7) is 2.10. The zero-order valence-electron chi connectivity index (χ0n) is 7.26. The van der Waals surface area contributed by atoms with Crippen LogP contribution in [0.2, 0.25) is 0 Å². The maximum absolute atomic E-state index is 11.2. The SMILES string of the molecule is CCCCC1(S(C)(=O)=O)CC1. The van der Waals surface area contributed by atoms with Gasteiger partial charge in [0.05, 0.1) is 4.75 Å². The van der Waals surface area contributed by atoms with Gasteiger partial charge in [0.25, 0.3) is 0 Å². The molecule has 1 aliphatic rings. The minimum Gasteiger partial charge on any atom is -0.229 e. The molecular formula is C8H16O2S. The van der Waals surface area contributed by atoms with E-state index in [0.29, 0.717) is 0 Å². The smallest absolute Gasteiger partial charge is 0.153 e. The van der Waals surface area contributed by atoms with Gasteiger partial charge in [0.2, 0.25) is 0 Å². The van der Waals surface area contributed by atoms with Crippen LogP contribution in [0.15, 0.2) is 0 Å². The van der Waals surface area contributed by atoms with E-state index in [1.807, 2.05) is 0 Å². The molecule has 1 saturated carbocycles. The Bertz CT molecular complexity index is 224. The first-order chi connectivity index (χ1) is 5.02. The van der Waals surface area contributed by atoms with Gasteiger partial charge in [-0.15, -0.1) is 0 Å². The van der Waals surface area contributed by atoms with E-state index in [4.69, 9.17) is 0 Å². The lowest BCUT2D eigenvalue weighted by Crippen LogP contribution is -2.21. The van der Waals surface area contributed by atoms with Crippen LogP contribution in [-0.4, -0.2) is 19.4 Å². The molecule has 0 aromatic rings. The van der Waals surface area contributed by atoms with Crippen molar-refractivity contribution < 1.29 is 8.42 Å². The highest BCUT2D eigenvalue weighted by Crippen LogP contribution is 2.46. The van der Waals surface area contributed by atoms with E-state index in [1.165, 1.54) is 6.26 Å². The quantitative estimate of drug-likeness (QED) is 0.654. The average Bonchev–Trinajstić information content (AvgIpc) is 2.61. The van der Waals surface area contributed by atoms with E-state index < -0.39 is 9.84 Å². The van der Waals surface area contributed by atoms with Crippen molar-refractivity contribution in [2.75, 3.05) is 6.26 Å². The van der Waals surface area contributed by atoms with Gasteiger partial charge in [0.15, 0.2) is 9.84 Å². The van der Waals surface area contributed by atoms with Crippen LogP contribution in [0.4, 0.5) is 0 Å². The van der Waals surface area contributed by atoms with Gasteiger partial charge in [0, 0.05) is 6.26 Å². The molecule has 0 amide bonds. The first-order valence-corrected chi connectivity index (χ1v) is 6.10. The first kappa shape index (κ1) is 9.04. The summed E-state index contributed by atoms with van der Waals surface area (Å²) in [7, 11) is -2.76. The summed E-state index contributed by atoms with van der Waals surface area (Å²) in [6.07, 6.45) is 6.18. The number of unbranched alkanes of at least 4 members (excludes halogenated alkanes) is 1. The van der Waals surface area contributed by atoms with Crippen molar-refractivity contribution in [1.29, 1.82) is 0 Å². The first-order valence-electron chi connectivity index (χ1n) is 4.21. The molecule has 66 valence electrons. The number of rotatable bonds is 4. The Labute approximate surface area is 68.9 Å². The zero-order valence-corrected chi connectivity index (χ0v) is 8.08. The van der Waals surface area contributed by atoms with E-state index in [0.717, 1.165) is 32.1 Å². The molecule has 0 aromatic heterocycles. The van der Waals surface area contributed by atoms with Gasteiger partial charge >= 0.3 is 0 Å². The third-order valence-electron chi connectivity index (χ3n) is 2.58. The van der Waals surface area contributed by atoms with Crippen molar-refractivity contribution in [3.63, 3.8) is 0 Å². The monoisotopic (exact) mass is 176 g/mol. The largest absolute Gasteiger partial charge is 0.229 e. The van der Waals surface area contributed by atoms with Crippen LogP contribution >= 0.6 is 0 Å². The molecular weight excluding hydrogens is 160 g/mol. The van der Waals surface area contributed by atoms with Crippen LogP contribution in [0.25, 0.3) is 0 Å². The summed E-state index contributed by atoms with van der Waals surface area (Å²) in [5, 5.41) is 0. The van der Waals surface area contributed by atoms with Crippen molar-refractivity contribution in [3.8, 4) is 0 Å². The second kappa shape index (κ2) is 2.77. The third kappa shape index (κ3) is 1.75. The fraction of sp³-hybridized carbons (Fsp3) is 1.00. The van der Waals surface area contributed by atoms with Crippen LogP contribution in [0, 0.1) is 0 Å². The van der Waals surface area contributed by atoms with E-state index in [-0.39, 0.29) is 4.75 Å². The molecule has 0 heterocycles. The Morgan fingerprint density at radius 1 is 1.36 bits per heavy atom. The lowest BCUT2D eigenvalue weighted by atomic mass is 10.2. The minimum atomic E-state index is -2.76. The lowest BCUT2D eigenvalue weighted by molar-refractivity contribution is 0.565. The number of sulfone groups is 1. The highest BCUT2D eigenvalue weighted by atomic mass is 32.2. The summed E-state index contributed by atoms with van der Waals surface area (Å²) in [6, 6.07) is 0. The molecule has 0 aliphatic heterocycles. The summed E-state index contributed by atoms with van der Waals surface area (Å²) >= 11 is 0. The van der Waals surface area contributed by atoms with Crippen molar-refractivity contribution in [1.82, 2.24) is 0 Å². The normalized spacial score (nSPS) is 21.6. The average molecular weight is 176 g/mol. The maximum atomic E-state index is 11.2. The Morgan fingerprint density at radius 2 is 1.91 bits per heavy atom. The Balaban J connectivity index is 2.55. The summed E-state index contributed by atoms with van der Waals surface area (Å²) in [5.74, 6) is 0. The van der Waals surface area contributed by atoms with Gasteiger partial charge in [0.1, 0.15) is 0 Å². The zero-order chi connectivity index (χ0) is 8.54.